The smallest absolute Gasteiger partial charge is 0.251 e. The van der Waals surface area contributed by atoms with Crippen molar-refractivity contribution in [3.63, 3.8) is 0 Å². The molecule has 0 fully saturated rings. The van der Waals surface area contributed by atoms with Crippen LogP contribution in [0.15, 0.2) is 54.6 Å². The number of hydrogen-bond acceptors (Lipinski definition) is 5. The summed E-state index contributed by atoms with van der Waals surface area (Å²) in [7, 11) is 0. The first kappa shape index (κ1) is 19.3. The summed E-state index contributed by atoms with van der Waals surface area (Å²) in [6, 6.07) is 16.7. The fraction of sp³-hybridized carbons (Fsp3) is 0.211. The number of phenols is 1. The molecule has 0 saturated heterocycles. The first-order valence-electron chi connectivity index (χ1n) is 7.96. The molecule has 134 valence electrons. The first-order valence-corrected chi connectivity index (χ1v) is 9.12. The van der Waals surface area contributed by atoms with Gasteiger partial charge in [0.2, 0.25) is 5.91 Å². The zero-order chi connectivity index (χ0) is 18.8. The van der Waals surface area contributed by atoms with Gasteiger partial charge in [0.25, 0.3) is 5.91 Å². The fourth-order valence-electron chi connectivity index (χ4n) is 2.16. The molecule has 0 bridgehead atoms. The van der Waals surface area contributed by atoms with E-state index in [2.05, 4.69) is 10.6 Å². The molecule has 7 heteroatoms. The Labute approximate surface area is 156 Å². The molecule has 6 nitrogen and oxygen atoms in total. The fourth-order valence-corrected chi connectivity index (χ4v) is 3.17. The molecule has 0 saturated carbocycles. The lowest BCUT2D eigenvalue weighted by molar-refractivity contribution is -0.122. The molecule has 0 radical (unpaired) electrons. The minimum absolute atomic E-state index is 0.0586. The van der Waals surface area contributed by atoms with E-state index in [-0.39, 0.29) is 12.3 Å². The molecule has 1 unspecified atom stereocenters. The predicted molar refractivity (Wildman–Crippen MR) is 101 cm³/mol. The summed E-state index contributed by atoms with van der Waals surface area (Å²) in [5.74, 6) is 0.318. The van der Waals surface area contributed by atoms with Gasteiger partial charge < -0.3 is 15.7 Å². The van der Waals surface area contributed by atoms with Gasteiger partial charge in [0.05, 0.1) is 6.07 Å². The molecule has 0 heterocycles. The van der Waals surface area contributed by atoms with Crippen molar-refractivity contribution >= 4 is 23.6 Å². The van der Waals surface area contributed by atoms with Gasteiger partial charge in [-0.1, -0.05) is 30.3 Å². The monoisotopic (exact) mass is 369 g/mol. The quantitative estimate of drug-likeness (QED) is 0.618. The van der Waals surface area contributed by atoms with Crippen molar-refractivity contribution in [2.24, 2.45) is 0 Å². The largest absolute Gasteiger partial charge is 0.508 e. The Morgan fingerprint density at radius 3 is 2.46 bits per heavy atom. The normalized spacial score (nSPS) is 11.2. The van der Waals surface area contributed by atoms with Crippen molar-refractivity contribution in [3.8, 4) is 11.8 Å². The van der Waals surface area contributed by atoms with E-state index in [0.29, 0.717) is 17.1 Å². The third kappa shape index (κ3) is 6.15. The second-order valence-corrected chi connectivity index (χ2v) is 6.48. The number of phenolic OH excluding ortho intramolecular Hbond substituents is 1. The third-order valence-corrected chi connectivity index (χ3v) is 4.60. The van der Waals surface area contributed by atoms with Crippen LogP contribution in [0.5, 0.6) is 5.75 Å². The molecular formula is C19H19N3O3S. The standard InChI is InChI=1S/C19H19N3O3S/c20-10-11-21-19(25)17(13-26-12-14-4-2-1-3-5-14)22-18(24)15-6-8-16(23)9-7-15/h1-9,17,23H,11-13H2,(H,21,25)(H,22,24). The van der Waals surface area contributed by atoms with Crippen LogP contribution >= 0.6 is 11.8 Å². The highest BCUT2D eigenvalue weighted by molar-refractivity contribution is 7.98. The second kappa shape index (κ2) is 10.1. The van der Waals surface area contributed by atoms with Gasteiger partial charge in [-0.15, -0.1) is 0 Å². The summed E-state index contributed by atoms with van der Waals surface area (Å²) < 4.78 is 0. The van der Waals surface area contributed by atoms with Gasteiger partial charge in [-0.3, -0.25) is 9.59 Å². The van der Waals surface area contributed by atoms with Crippen LogP contribution in [-0.2, 0) is 10.5 Å². The highest BCUT2D eigenvalue weighted by atomic mass is 32.2. The molecule has 2 rings (SSSR count). The Morgan fingerprint density at radius 1 is 1.12 bits per heavy atom. The van der Waals surface area contributed by atoms with Crippen LogP contribution in [0.2, 0.25) is 0 Å². The van der Waals surface area contributed by atoms with Gasteiger partial charge in [-0.25, -0.2) is 0 Å². The van der Waals surface area contributed by atoms with Gasteiger partial charge in [0, 0.05) is 17.1 Å². The average molecular weight is 369 g/mol. The van der Waals surface area contributed by atoms with E-state index in [9.17, 15) is 14.7 Å². The van der Waals surface area contributed by atoms with E-state index >= 15 is 0 Å². The molecule has 2 amide bonds. The topological polar surface area (TPSA) is 102 Å². The van der Waals surface area contributed by atoms with Gasteiger partial charge in [0.15, 0.2) is 0 Å². The minimum Gasteiger partial charge on any atom is -0.508 e. The van der Waals surface area contributed by atoms with Crippen molar-refractivity contribution in [1.82, 2.24) is 10.6 Å². The van der Waals surface area contributed by atoms with Crippen LogP contribution in [0.4, 0.5) is 0 Å². The molecule has 0 aromatic heterocycles. The van der Waals surface area contributed by atoms with Crippen molar-refractivity contribution in [2.75, 3.05) is 12.3 Å². The summed E-state index contributed by atoms with van der Waals surface area (Å²) in [5, 5.41) is 23.1. The molecule has 0 aliphatic heterocycles. The lowest BCUT2D eigenvalue weighted by Gasteiger charge is -2.17. The van der Waals surface area contributed by atoms with Crippen LogP contribution in [0.3, 0.4) is 0 Å². The number of benzene rings is 2. The predicted octanol–water partition coefficient (Wildman–Crippen LogP) is 2.06. The van der Waals surface area contributed by atoms with Crippen molar-refractivity contribution < 1.29 is 14.7 Å². The van der Waals surface area contributed by atoms with E-state index in [1.54, 1.807) is 0 Å². The summed E-state index contributed by atoms with van der Waals surface area (Å²) in [6.45, 7) is -0.117. The van der Waals surface area contributed by atoms with Crippen LogP contribution < -0.4 is 10.6 Å². The van der Waals surface area contributed by atoms with Gasteiger partial charge in [0.1, 0.15) is 18.3 Å². The van der Waals surface area contributed by atoms with Crippen molar-refractivity contribution in [3.05, 3.63) is 65.7 Å². The maximum Gasteiger partial charge on any atom is 0.251 e. The van der Waals surface area contributed by atoms with Crippen molar-refractivity contribution in [1.29, 1.82) is 5.26 Å². The van der Waals surface area contributed by atoms with E-state index in [0.717, 1.165) is 5.56 Å². The molecule has 3 N–H and O–H groups in total. The van der Waals surface area contributed by atoms with Gasteiger partial charge in [-0.2, -0.15) is 17.0 Å². The van der Waals surface area contributed by atoms with Crippen LogP contribution in [0, 0.1) is 11.3 Å². The Bertz CT molecular complexity index is 773. The van der Waals surface area contributed by atoms with E-state index in [1.165, 1.54) is 36.0 Å². The number of aromatic hydroxyl groups is 1. The molecule has 2 aromatic carbocycles. The maximum atomic E-state index is 12.3. The molecule has 0 aliphatic rings. The highest BCUT2D eigenvalue weighted by Crippen LogP contribution is 2.14. The number of nitriles is 1. The summed E-state index contributed by atoms with van der Waals surface area (Å²) in [5.41, 5.74) is 1.47. The molecule has 2 aromatic rings. The zero-order valence-electron chi connectivity index (χ0n) is 14.0. The summed E-state index contributed by atoms with van der Waals surface area (Å²) in [4.78, 5) is 24.6. The number of rotatable bonds is 8. The molecule has 0 spiro atoms. The minimum atomic E-state index is -0.765. The van der Waals surface area contributed by atoms with E-state index in [4.69, 9.17) is 5.26 Å². The maximum absolute atomic E-state index is 12.3. The molecule has 26 heavy (non-hydrogen) atoms. The summed E-state index contributed by atoms with van der Waals surface area (Å²) >= 11 is 1.52. The molecular weight excluding hydrogens is 350 g/mol. The number of carbonyl (C=O) groups is 2. The number of amides is 2. The first-order chi connectivity index (χ1) is 12.6. The lowest BCUT2D eigenvalue weighted by atomic mass is 10.2. The summed E-state index contributed by atoms with van der Waals surface area (Å²) in [6.07, 6.45) is 0. The van der Waals surface area contributed by atoms with Crippen LogP contribution in [-0.4, -0.2) is 35.3 Å². The second-order valence-electron chi connectivity index (χ2n) is 5.45. The number of hydrogen-bond donors (Lipinski definition) is 3. The Balaban J connectivity index is 1.98. The number of carbonyl (C=O) groups excluding carboxylic acids is 2. The van der Waals surface area contributed by atoms with E-state index < -0.39 is 17.9 Å². The lowest BCUT2D eigenvalue weighted by Crippen LogP contribution is -2.48. The Hall–Kier alpha value is -2.98. The molecule has 0 aliphatic carbocycles. The molecule has 1 atom stereocenters. The zero-order valence-corrected chi connectivity index (χ0v) is 14.8. The number of nitrogens with zero attached hydrogens (tertiary/aromatic N) is 1. The van der Waals surface area contributed by atoms with Gasteiger partial charge in [-0.05, 0) is 29.8 Å². The Kier molecular flexibility index (Phi) is 7.52. The SMILES string of the molecule is N#CCNC(=O)C(CSCc1ccccc1)NC(=O)c1ccc(O)cc1. The van der Waals surface area contributed by atoms with Gasteiger partial charge >= 0.3 is 0 Å². The average Bonchev–Trinajstić information content (AvgIpc) is 2.66. The van der Waals surface area contributed by atoms with Crippen LogP contribution in [0.1, 0.15) is 15.9 Å². The number of nitrogens with one attached hydrogen (secondary N) is 2. The number of thioether (sulfide) groups is 1. The Morgan fingerprint density at radius 2 is 1.81 bits per heavy atom. The highest BCUT2D eigenvalue weighted by Gasteiger charge is 2.21. The third-order valence-electron chi connectivity index (χ3n) is 3.49. The van der Waals surface area contributed by atoms with E-state index in [1.807, 2.05) is 36.4 Å². The van der Waals surface area contributed by atoms with Crippen LogP contribution in [0.25, 0.3) is 0 Å². The van der Waals surface area contributed by atoms with Crippen molar-refractivity contribution in [2.45, 2.75) is 11.8 Å².